The van der Waals surface area contributed by atoms with Crippen molar-refractivity contribution in [3.05, 3.63) is 35.9 Å². The summed E-state index contributed by atoms with van der Waals surface area (Å²) < 4.78 is 11.7. The Hall–Kier alpha value is -0.860. The van der Waals surface area contributed by atoms with Gasteiger partial charge in [0.2, 0.25) is 0 Å². The topological polar surface area (TPSA) is 18.5 Å². The number of hydrogen-bond donors (Lipinski definition) is 0. The molecule has 0 N–H and O–H groups in total. The van der Waals surface area contributed by atoms with Gasteiger partial charge in [-0.1, -0.05) is 30.3 Å². The summed E-state index contributed by atoms with van der Waals surface area (Å²) in [5.41, 5.74) is 1.48. The Morgan fingerprint density at radius 1 is 1.12 bits per heavy atom. The predicted octanol–water partition coefficient (Wildman–Crippen LogP) is 2.87. The molecule has 0 amide bonds. The van der Waals surface area contributed by atoms with E-state index in [-0.39, 0.29) is 11.2 Å². The van der Waals surface area contributed by atoms with E-state index in [1.807, 2.05) is 0 Å². The molecule has 0 radical (unpaired) electrons. The summed E-state index contributed by atoms with van der Waals surface area (Å²) >= 11 is 0. The molecule has 2 nitrogen and oxygen atoms in total. The summed E-state index contributed by atoms with van der Waals surface area (Å²) in [5, 5.41) is 0. The zero-order chi connectivity index (χ0) is 11.1. The molecule has 1 saturated heterocycles. The van der Waals surface area contributed by atoms with Gasteiger partial charge in [-0.15, -0.1) is 0 Å². The maximum Gasteiger partial charge on any atom is 0.177 e. The molecule has 2 fully saturated rings. The van der Waals surface area contributed by atoms with Crippen LogP contribution in [0.5, 0.6) is 0 Å². The van der Waals surface area contributed by atoms with Crippen molar-refractivity contribution in [1.82, 2.24) is 0 Å². The highest BCUT2D eigenvalue weighted by Gasteiger charge is 2.60. The molecule has 2 atom stereocenters. The summed E-state index contributed by atoms with van der Waals surface area (Å²) in [5.74, 6) is -0.353. The summed E-state index contributed by atoms with van der Waals surface area (Å²) in [6.07, 6.45) is 4.50. The third kappa shape index (κ3) is 1.14. The van der Waals surface area contributed by atoms with E-state index < -0.39 is 0 Å². The van der Waals surface area contributed by atoms with Gasteiger partial charge in [0.25, 0.3) is 0 Å². The van der Waals surface area contributed by atoms with Gasteiger partial charge >= 0.3 is 0 Å². The highest BCUT2D eigenvalue weighted by atomic mass is 16.7. The van der Waals surface area contributed by atoms with Gasteiger partial charge < -0.3 is 9.47 Å². The highest BCUT2D eigenvalue weighted by Crippen LogP contribution is 2.56. The molecule has 86 valence electrons. The molecule has 1 aliphatic carbocycles. The van der Waals surface area contributed by atoms with Gasteiger partial charge in [0.1, 0.15) is 0 Å². The molecule has 1 aliphatic heterocycles. The zero-order valence-electron chi connectivity index (χ0n) is 9.74. The van der Waals surface area contributed by atoms with Crippen LogP contribution >= 0.6 is 0 Å². The van der Waals surface area contributed by atoms with E-state index in [0.717, 1.165) is 19.4 Å². The largest absolute Gasteiger partial charge is 0.352 e. The Morgan fingerprint density at radius 2 is 1.94 bits per heavy atom. The molecule has 3 rings (SSSR count). The van der Waals surface area contributed by atoms with Crippen LogP contribution in [0.2, 0.25) is 0 Å². The van der Waals surface area contributed by atoms with Crippen LogP contribution in [0, 0.1) is 0 Å². The van der Waals surface area contributed by atoms with E-state index in [1.54, 1.807) is 7.11 Å². The van der Waals surface area contributed by atoms with Crippen molar-refractivity contribution in [1.29, 1.82) is 0 Å². The second kappa shape index (κ2) is 3.57. The highest BCUT2D eigenvalue weighted by molar-refractivity contribution is 5.32. The molecule has 2 heteroatoms. The van der Waals surface area contributed by atoms with Gasteiger partial charge in [-0.25, -0.2) is 0 Å². The minimum atomic E-state index is -0.353. The molecule has 1 aromatic rings. The summed E-state index contributed by atoms with van der Waals surface area (Å²) in [4.78, 5) is 0. The number of fused-ring (bicyclic) bond motifs is 1. The number of rotatable bonds is 2. The van der Waals surface area contributed by atoms with Gasteiger partial charge in [-0.05, 0) is 24.8 Å². The van der Waals surface area contributed by atoms with Gasteiger partial charge in [0, 0.05) is 13.5 Å². The third-order valence-corrected chi connectivity index (χ3v) is 4.36. The van der Waals surface area contributed by atoms with E-state index in [0.29, 0.717) is 0 Å². The first-order chi connectivity index (χ1) is 7.83. The number of benzene rings is 1. The summed E-state index contributed by atoms with van der Waals surface area (Å²) in [6, 6.07) is 10.7. The second-order valence-corrected chi connectivity index (χ2v) is 4.86. The van der Waals surface area contributed by atoms with Crippen LogP contribution in [-0.4, -0.2) is 19.5 Å². The SMILES string of the molecule is COC12CCCC1(c1ccccc1)CCO2. The Morgan fingerprint density at radius 3 is 2.69 bits per heavy atom. The first-order valence-corrected chi connectivity index (χ1v) is 6.08. The van der Waals surface area contributed by atoms with Gasteiger partial charge in [-0.3, -0.25) is 0 Å². The lowest BCUT2D eigenvalue weighted by atomic mass is 9.74. The van der Waals surface area contributed by atoms with E-state index in [1.165, 1.54) is 18.4 Å². The fourth-order valence-corrected chi connectivity index (χ4v) is 3.59. The minimum Gasteiger partial charge on any atom is -0.352 e. The smallest absolute Gasteiger partial charge is 0.177 e. The van der Waals surface area contributed by atoms with Crippen LogP contribution < -0.4 is 0 Å². The van der Waals surface area contributed by atoms with Crippen molar-refractivity contribution in [3.63, 3.8) is 0 Å². The normalized spacial score (nSPS) is 37.6. The lowest BCUT2D eigenvalue weighted by Gasteiger charge is -2.38. The van der Waals surface area contributed by atoms with E-state index >= 15 is 0 Å². The van der Waals surface area contributed by atoms with Crippen molar-refractivity contribution in [2.45, 2.75) is 36.9 Å². The van der Waals surface area contributed by atoms with Crippen LogP contribution in [0.15, 0.2) is 30.3 Å². The number of ether oxygens (including phenoxy) is 2. The molecule has 0 spiro atoms. The fourth-order valence-electron chi connectivity index (χ4n) is 3.59. The lowest BCUT2D eigenvalue weighted by Crippen LogP contribution is -2.45. The maximum atomic E-state index is 5.95. The van der Waals surface area contributed by atoms with Gasteiger partial charge in [0.05, 0.1) is 12.0 Å². The lowest BCUT2D eigenvalue weighted by molar-refractivity contribution is -0.213. The minimum absolute atomic E-state index is 0.100. The van der Waals surface area contributed by atoms with Crippen molar-refractivity contribution in [2.24, 2.45) is 0 Å². The second-order valence-electron chi connectivity index (χ2n) is 4.86. The average molecular weight is 218 g/mol. The van der Waals surface area contributed by atoms with Crippen LogP contribution in [0.3, 0.4) is 0 Å². The van der Waals surface area contributed by atoms with Crippen molar-refractivity contribution < 1.29 is 9.47 Å². The van der Waals surface area contributed by atoms with Crippen molar-refractivity contribution >= 4 is 0 Å². The quantitative estimate of drug-likeness (QED) is 0.760. The van der Waals surface area contributed by atoms with Crippen LogP contribution in [0.1, 0.15) is 31.2 Å². The summed E-state index contributed by atoms with van der Waals surface area (Å²) in [7, 11) is 1.79. The molecule has 1 aromatic carbocycles. The van der Waals surface area contributed by atoms with Gasteiger partial charge in [-0.2, -0.15) is 0 Å². The third-order valence-electron chi connectivity index (χ3n) is 4.36. The predicted molar refractivity (Wildman–Crippen MR) is 62.3 cm³/mol. The summed E-state index contributed by atoms with van der Waals surface area (Å²) in [6.45, 7) is 0.822. The van der Waals surface area contributed by atoms with Crippen molar-refractivity contribution in [2.75, 3.05) is 13.7 Å². The monoisotopic (exact) mass is 218 g/mol. The maximum absolute atomic E-state index is 5.95. The molecular formula is C14H18O2. The Labute approximate surface area is 96.6 Å². The average Bonchev–Trinajstić information content (AvgIpc) is 2.85. The zero-order valence-corrected chi connectivity index (χ0v) is 9.74. The molecule has 2 unspecified atom stereocenters. The molecular weight excluding hydrogens is 200 g/mol. The molecule has 16 heavy (non-hydrogen) atoms. The number of methoxy groups -OCH3 is 1. The molecule has 1 heterocycles. The van der Waals surface area contributed by atoms with Crippen LogP contribution in [-0.2, 0) is 14.9 Å². The van der Waals surface area contributed by atoms with E-state index in [2.05, 4.69) is 30.3 Å². The van der Waals surface area contributed by atoms with Crippen LogP contribution in [0.25, 0.3) is 0 Å². The fraction of sp³-hybridized carbons (Fsp3) is 0.571. The Bertz CT molecular complexity index is 362. The Balaban J connectivity index is 2.09. The molecule has 1 saturated carbocycles. The van der Waals surface area contributed by atoms with Crippen molar-refractivity contribution in [3.8, 4) is 0 Å². The molecule has 2 aliphatic rings. The molecule has 0 bridgehead atoms. The number of hydrogen-bond acceptors (Lipinski definition) is 2. The Kier molecular flexibility index (Phi) is 2.30. The molecule has 0 aromatic heterocycles. The van der Waals surface area contributed by atoms with E-state index in [9.17, 15) is 0 Å². The standard InChI is InChI=1S/C14H18O2/c1-15-14-9-5-8-13(14,10-11-16-14)12-6-3-2-4-7-12/h2-4,6-7H,5,8-11H2,1H3. The first-order valence-electron chi connectivity index (χ1n) is 6.08. The first kappa shape index (κ1) is 10.3. The van der Waals surface area contributed by atoms with Crippen LogP contribution in [0.4, 0.5) is 0 Å². The van der Waals surface area contributed by atoms with E-state index in [4.69, 9.17) is 9.47 Å². The van der Waals surface area contributed by atoms with Gasteiger partial charge in [0.15, 0.2) is 5.79 Å².